The highest BCUT2D eigenvalue weighted by molar-refractivity contribution is 5.46. The lowest BCUT2D eigenvalue weighted by atomic mass is 9.94. The van der Waals surface area contributed by atoms with Gasteiger partial charge in [-0.1, -0.05) is 32.9 Å². The molecule has 2 N–H and O–H groups in total. The standard InChI is InChI=1S/C17H30N2/c1-5-15-6-8-17(9-7-15)19(4)11-10-16(13-18)12-14(2)3/h6-9,14,16H,5,10-13,18H2,1-4H3. The third-order valence-corrected chi connectivity index (χ3v) is 3.80. The summed E-state index contributed by atoms with van der Waals surface area (Å²) in [5, 5.41) is 0. The molecule has 0 bridgehead atoms. The molecule has 0 heterocycles. The Hall–Kier alpha value is -1.02. The van der Waals surface area contributed by atoms with Crippen LogP contribution >= 0.6 is 0 Å². The quantitative estimate of drug-likeness (QED) is 0.774. The molecule has 0 spiro atoms. The highest BCUT2D eigenvalue weighted by atomic mass is 15.1. The van der Waals surface area contributed by atoms with Crippen molar-refractivity contribution in [1.29, 1.82) is 0 Å². The maximum Gasteiger partial charge on any atom is 0.0363 e. The van der Waals surface area contributed by atoms with Crippen molar-refractivity contribution in [3.05, 3.63) is 29.8 Å². The van der Waals surface area contributed by atoms with E-state index >= 15 is 0 Å². The van der Waals surface area contributed by atoms with E-state index in [1.165, 1.54) is 24.1 Å². The van der Waals surface area contributed by atoms with Gasteiger partial charge in [0, 0.05) is 19.3 Å². The van der Waals surface area contributed by atoms with E-state index in [1.54, 1.807) is 0 Å². The Morgan fingerprint density at radius 2 is 1.79 bits per heavy atom. The van der Waals surface area contributed by atoms with Gasteiger partial charge >= 0.3 is 0 Å². The van der Waals surface area contributed by atoms with E-state index in [0.717, 1.165) is 25.4 Å². The van der Waals surface area contributed by atoms with Gasteiger partial charge in [-0.25, -0.2) is 0 Å². The minimum Gasteiger partial charge on any atom is -0.375 e. The second kappa shape index (κ2) is 8.21. The number of nitrogens with two attached hydrogens (primary N) is 1. The first-order chi connectivity index (χ1) is 9.06. The van der Waals surface area contributed by atoms with Crippen LogP contribution in [0.3, 0.4) is 0 Å². The van der Waals surface area contributed by atoms with Crippen molar-refractivity contribution in [2.24, 2.45) is 17.6 Å². The van der Waals surface area contributed by atoms with Gasteiger partial charge < -0.3 is 10.6 Å². The Morgan fingerprint density at radius 1 is 1.16 bits per heavy atom. The molecule has 0 aliphatic carbocycles. The topological polar surface area (TPSA) is 29.3 Å². The molecule has 0 fully saturated rings. The third-order valence-electron chi connectivity index (χ3n) is 3.80. The summed E-state index contributed by atoms with van der Waals surface area (Å²) < 4.78 is 0. The second-order valence-corrected chi connectivity index (χ2v) is 5.96. The van der Waals surface area contributed by atoms with Crippen LogP contribution in [0, 0.1) is 11.8 Å². The molecule has 2 nitrogen and oxygen atoms in total. The van der Waals surface area contributed by atoms with Crippen molar-refractivity contribution in [3.63, 3.8) is 0 Å². The number of hydrogen-bond donors (Lipinski definition) is 1. The summed E-state index contributed by atoms with van der Waals surface area (Å²) in [7, 11) is 2.17. The summed E-state index contributed by atoms with van der Waals surface area (Å²) in [5.74, 6) is 1.39. The summed E-state index contributed by atoms with van der Waals surface area (Å²) in [6.07, 6.45) is 3.52. The number of rotatable bonds is 8. The van der Waals surface area contributed by atoms with Gasteiger partial charge in [0.2, 0.25) is 0 Å². The summed E-state index contributed by atoms with van der Waals surface area (Å²) in [4.78, 5) is 2.34. The van der Waals surface area contributed by atoms with Gasteiger partial charge in [-0.3, -0.25) is 0 Å². The van der Waals surface area contributed by atoms with Crippen molar-refractivity contribution in [2.75, 3.05) is 25.0 Å². The molecule has 1 aromatic carbocycles. The molecule has 0 radical (unpaired) electrons. The van der Waals surface area contributed by atoms with Crippen LogP contribution in [-0.2, 0) is 6.42 Å². The lowest BCUT2D eigenvalue weighted by molar-refractivity contribution is 0.396. The molecule has 108 valence electrons. The zero-order chi connectivity index (χ0) is 14.3. The van der Waals surface area contributed by atoms with Crippen LogP contribution in [0.1, 0.15) is 39.2 Å². The highest BCUT2D eigenvalue weighted by Gasteiger charge is 2.10. The van der Waals surface area contributed by atoms with E-state index in [0.29, 0.717) is 5.92 Å². The van der Waals surface area contributed by atoms with Crippen molar-refractivity contribution in [3.8, 4) is 0 Å². The van der Waals surface area contributed by atoms with E-state index in [9.17, 15) is 0 Å². The van der Waals surface area contributed by atoms with E-state index < -0.39 is 0 Å². The minimum absolute atomic E-state index is 0.650. The van der Waals surface area contributed by atoms with Crippen LogP contribution in [0.2, 0.25) is 0 Å². The van der Waals surface area contributed by atoms with Crippen molar-refractivity contribution < 1.29 is 0 Å². The molecular weight excluding hydrogens is 232 g/mol. The molecule has 1 unspecified atom stereocenters. The minimum atomic E-state index is 0.650. The number of hydrogen-bond acceptors (Lipinski definition) is 2. The molecule has 0 saturated carbocycles. The van der Waals surface area contributed by atoms with Crippen LogP contribution in [-0.4, -0.2) is 20.1 Å². The molecular formula is C17H30N2. The molecule has 1 aromatic rings. The van der Waals surface area contributed by atoms with Gasteiger partial charge in [-0.05, 0) is 55.3 Å². The third kappa shape index (κ3) is 5.65. The molecule has 0 aliphatic rings. The first-order valence-corrected chi connectivity index (χ1v) is 7.57. The molecule has 19 heavy (non-hydrogen) atoms. The normalized spacial score (nSPS) is 12.7. The number of nitrogens with zero attached hydrogens (tertiary/aromatic N) is 1. The zero-order valence-corrected chi connectivity index (χ0v) is 13.0. The summed E-state index contributed by atoms with van der Waals surface area (Å²) >= 11 is 0. The molecule has 1 rings (SSSR count). The Labute approximate surface area is 119 Å². The summed E-state index contributed by atoms with van der Waals surface area (Å²) in [5.41, 5.74) is 8.57. The average molecular weight is 262 g/mol. The first-order valence-electron chi connectivity index (χ1n) is 7.57. The number of anilines is 1. The Kier molecular flexibility index (Phi) is 6.93. The van der Waals surface area contributed by atoms with Gasteiger partial charge in [0.05, 0.1) is 0 Å². The van der Waals surface area contributed by atoms with Gasteiger partial charge in [0.15, 0.2) is 0 Å². The van der Waals surface area contributed by atoms with E-state index in [4.69, 9.17) is 5.73 Å². The predicted octanol–water partition coefficient (Wildman–Crippen LogP) is 3.70. The fraction of sp³-hybridized carbons (Fsp3) is 0.647. The van der Waals surface area contributed by atoms with Crippen LogP contribution < -0.4 is 10.6 Å². The molecule has 2 heteroatoms. The molecule has 1 atom stereocenters. The molecule has 0 amide bonds. The predicted molar refractivity (Wildman–Crippen MR) is 85.7 cm³/mol. The first kappa shape index (κ1) is 16.0. The van der Waals surface area contributed by atoms with Crippen molar-refractivity contribution >= 4 is 5.69 Å². The number of benzene rings is 1. The Balaban J connectivity index is 2.46. The second-order valence-electron chi connectivity index (χ2n) is 5.96. The van der Waals surface area contributed by atoms with Crippen LogP contribution in [0.5, 0.6) is 0 Å². The van der Waals surface area contributed by atoms with Gasteiger partial charge in [-0.15, -0.1) is 0 Å². The van der Waals surface area contributed by atoms with Crippen molar-refractivity contribution in [1.82, 2.24) is 0 Å². The maximum atomic E-state index is 5.87. The molecule has 0 aromatic heterocycles. The zero-order valence-electron chi connectivity index (χ0n) is 13.0. The average Bonchev–Trinajstić information content (AvgIpc) is 2.42. The Morgan fingerprint density at radius 3 is 2.26 bits per heavy atom. The maximum absolute atomic E-state index is 5.87. The van der Waals surface area contributed by atoms with Crippen LogP contribution in [0.15, 0.2) is 24.3 Å². The van der Waals surface area contributed by atoms with Crippen LogP contribution in [0.4, 0.5) is 5.69 Å². The fourth-order valence-corrected chi connectivity index (χ4v) is 2.49. The highest BCUT2D eigenvalue weighted by Crippen LogP contribution is 2.18. The smallest absolute Gasteiger partial charge is 0.0363 e. The fourth-order valence-electron chi connectivity index (χ4n) is 2.49. The summed E-state index contributed by atoms with van der Waals surface area (Å²) in [6, 6.07) is 8.89. The van der Waals surface area contributed by atoms with E-state index in [-0.39, 0.29) is 0 Å². The van der Waals surface area contributed by atoms with E-state index in [1.807, 2.05) is 0 Å². The SMILES string of the molecule is CCc1ccc(N(C)CCC(CN)CC(C)C)cc1. The largest absolute Gasteiger partial charge is 0.375 e. The van der Waals surface area contributed by atoms with Crippen molar-refractivity contribution in [2.45, 2.75) is 40.0 Å². The van der Waals surface area contributed by atoms with Gasteiger partial charge in [-0.2, -0.15) is 0 Å². The number of aryl methyl sites for hydroxylation is 1. The lowest BCUT2D eigenvalue weighted by Gasteiger charge is -2.23. The van der Waals surface area contributed by atoms with E-state index in [2.05, 4.69) is 57.0 Å². The molecule has 0 aliphatic heterocycles. The lowest BCUT2D eigenvalue weighted by Crippen LogP contribution is -2.25. The van der Waals surface area contributed by atoms with Gasteiger partial charge in [0.25, 0.3) is 0 Å². The van der Waals surface area contributed by atoms with Crippen LogP contribution in [0.25, 0.3) is 0 Å². The molecule has 0 saturated heterocycles. The van der Waals surface area contributed by atoms with Gasteiger partial charge in [0.1, 0.15) is 0 Å². The Bertz CT molecular complexity index is 343. The monoisotopic (exact) mass is 262 g/mol. The summed E-state index contributed by atoms with van der Waals surface area (Å²) in [6.45, 7) is 8.63.